The summed E-state index contributed by atoms with van der Waals surface area (Å²) in [4.78, 5) is 4.18. The quantitative estimate of drug-likeness (QED) is 0.764. The van der Waals surface area contributed by atoms with Crippen LogP contribution in [0.2, 0.25) is 0 Å². The highest BCUT2D eigenvalue weighted by atomic mass is 32.1. The second kappa shape index (κ2) is 4.93. The molecule has 0 saturated carbocycles. The van der Waals surface area contributed by atoms with Crippen molar-refractivity contribution in [3.63, 3.8) is 0 Å². The second-order valence-corrected chi connectivity index (χ2v) is 3.91. The lowest BCUT2D eigenvalue weighted by atomic mass is 10.3. The fraction of sp³-hybridized carbons (Fsp3) is 0.300. The van der Waals surface area contributed by atoms with Gasteiger partial charge in [-0.05, 0) is 12.1 Å². The minimum Gasteiger partial charge on any atom is -0.469 e. The van der Waals surface area contributed by atoms with Crippen LogP contribution in [0.5, 0.6) is 0 Å². The first-order valence-electron chi connectivity index (χ1n) is 4.56. The molecule has 74 valence electrons. The Morgan fingerprint density at radius 1 is 1.50 bits per heavy atom. The Balaban J connectivity index is 1.65. The molecule has 0 aliphatic rings. The van der Waals surface area contributed by atoms with Crippen molar-refractivity contribution in [2.45, 2.75) is 13.0 Å². The summed E-state index contributed by atoms with van der Waals surface area (Å²) in [5, 5.41) is 6.43. The van der Waals surface area contributed by atoms with Crippen LogP contribution in [0.4, 0.5) is 0 Å². The summed E-state index contributed by atoms with van der Waals surface area (Å²) in [6.45, 7) is 1.77. The maximum atomic E-state index is 5.22. The lowest BCUT2D eigenvalue weighted by molar-refractivity contribution is 0.498. The summed E-state index contributed by atoms with van der Waals surface area (Å²) in [5.41, 5.74) is 0. The van der Waals surface area contributed by atoms with Gasteiger partial charge in [-0.3, -0.25) is 0 Å². The van der Waals surface area contributed by atoms with Crippen LogP contribution in [-0.2, 0) is 13.0 Å². The van der Waals surface area contributed by atoms with E-state index in [0.29, 0.717) is 0 Å². The van der Waals surface area contributed by atoms with Gasteiger partial charge in [-0.25, -0.2) is 4.98 Å². The van der Waals surface area contributed by atoms with Gasteiger partial charge in [0.1, 0.15) is 10.8 Å². The van der Waals surface area contributed by atoms with Crippen LogP contribution in [0.15, 0.2) is 34.4 Å². The number of nitrogens with zero attached hydrogens (tertiary/aromatic N) is 1. The van der Waals surface area contributed by atoms with E-state index in [4.69, 9.17) is 4.42 Å². The molecule has 0 spiro atoms. The Kier molecular flexibility index (Phi) is 3.32. The third-order valence-electron chi connectivity index (χ3n) is 1.89. The number of rotatable bonds is 5. The third kappa shape index (κ3) is 2.68. The van der Waals surface area contributed by atoms with Gasteiger partial charge in [0.25, 0.3) is 0 Å². The van der Waals surface area contributed by atoms with Crippen molar-refractivity contribution in [1.82, 2.24) is 10.3 Å². The summed E-state index contributed by atoms with van der Waals surface area (Å²) in [6, 6.07) is 3.90. The number of hydrogen-bond donors (Lipinski definition) is 1. The van der Waals surface area contributed by atoms with Crippen LogP contribution in [0.25, 0.3) is 0 Å². The Labute approximate surface area is 86.8 Å². The van der Waals surface area contributed by atoms with Crippen molar-refractivity contribution in [2.24, 2.45) is 0 Å². The largest absolute Gasteiger partial charge is 0.469 e. The molecule has 2 heterocycles. The van der Waals surface area contributed by atoms with Crippen LogP contribution in [0.3, 0.4) is 0 Å². The molecule has 0 aromatic carbocycles. The topological polar surface area (TPSA) is 38.1 Å². The average Bonchev–Trinajstić information content (AvgIpc) is 2.86. The monoisotopic (exact) mass is 208 g/mol. The van der Waals surface area contributed by atoms with E-state index in [2.05, 4.69) is 10.3 Å². The van der Waals surface area contributed by atoms with Gasteiger partial charge in [0.2, 0.25) is 0 Å². The highest BCUT2D eigenvalue weighted by molar-refractivity contribution is 7.09. The molecule has 0 fully saturated rings. The van der Waals surface area contributed by atoms with E-state index < -0.39 is 0 Å². The fourth-order valence-corrected chi connectivity index (χ4v) is 1.79. The number of thiazole rings is 1. The van der Waals surface area contributed by atoms with E-state index in [1.54, 1.807) is 17.6 Å². The molecule has 0 aliphatic carbocycles. The van der Waals surface area contributed by atoms with Crippen molar-refractivity contribution >= 4 is 11.3 Å². The van der Waals surface area contributed by atoms with E-state index in [1.807, 2.05) is 23.7 Å². The minimum absolute atomic E-state index is 0.846. The summed E-state index contributed by atoms with van der Waals surface area (Å²) in [5.74, 6) is 1.02. The molecule has 3 nitrogen and oxygen atoms in total. The zero-order valence-electron chi connectivity index (χ0n) is 7.77. The first-order chi connectivity index (χ1) is 6.95. The summed E-state index contributed by atoms with van der Waals surface area (Å²) in [7, 11) is 0. The Bertz CT molecular complexity index is 306. The predicted octanol–water partition coefficient (Wildman–Crippen LogP) is 2.07. The maximum Gasteiger partial charge on any atom is 0.106 e. The fourth-order valence-electron chi connectivity index (χ4n) is 1.20. The van der Waals surface area contributed by atoms with Gasteiger partial charge in [-0.2, -0.15) is 0 Å². The van der Waals surface area contributed by atoms with Crippen LogP contribution in [-0.4, -0.2) is 11.5 Å². The number of nitrogens with one attached hydrogen (secondary N) is 1. The molecule has 2 aromatic heterocycles. The van der Waals surface area contributed by atoms with Crippen LogP contribution >= 0.6 is 11.3 Å². The van der Waals surface area contributed by atoms with E-state index in [9.17, 15) is 0 Å². The van der Waals surface area contributed by atoms with E-state index in [1.165, 1.54) is 0 Å². The van der Waals surface area contributed by atoms with Gasteiger partial charge in [0.15, 0.2) is 0 Å². The van der Waals surface area contributed by atoms with E-state index >= 15 is 0 Å². The van der Waals surface area contributed by atoms with Gasteiger partial charge in [0, 0.05) is 31.1 Å². The van der Waals surface area contributed by atoms with Gasteiger partial charge in [-0.15, -0.1) is 11.3 Å². The standard InChI is InChI=1S/C10H12N2OS/c1-2-9(13-6-1)3-4-11-8-10-12-5-7-14-10/h1-2,5-7,11H,3-4,8H2. The molecule has 0 aliphatic heterocycles. The van der Waals surface area contributed by atoms with Gasteiger partial charge >= 0.3 is 0 Å². The molecule has 2 aromatic rings. The minimum atomic E-state index is 0.846. The van der Waals surface area contributed by atoms with Gasteiger partial charge in [0.05, 0.1) is 6.26 Å². The predicted molar refractivity (Wildman–Crippen MR) is 56.2 cm³/mol. The number of furan rings is 1. The first-order valence-corrected chi connectivity index (χ1v) is 5.44. The third-order valence-corrected chi connectivity index (χ3v) is 2.67. The molecule has 0 radical (unpaired) electrons. The zero-order chi connectivity index (χ0) is 9.64. The molecule has 1 N–H and O–H groups in total. The molecule has 4 heteroatoms. The molecule has 0 atom stereocenters. The molecule has 2 rings (SSSR count). The number of aromatic nitrogens is 1. The lowest BCUT2D eigenvalue weighted by Crippen LogP contribution is -2.16. The summed E-state index contributed by atoms with van der Waals surface area (Å²) >= 11 is 1.67. The molecule has 0 bridgehead atoms. The summed E-state index contributed by atoms with van der Waals surface area (Å²) in [6.07, 6.45) is 4.46. The van der Waals surface area contributed by atoms with E-state index in [-0.39, 0.29) is 0 Å². The van der Waals surface area contributed by atoms with Crippen LogP contribution < -0.4 is 5.32 Å². The van der Waals surface area contributed by atoms with Gasteiger partial charge < -0.3 is 9.73 Å². The molecule has 0 amide bonds. The van der Waals surface area contributed by atoms with Gasteiger partial charge in [-0.1, -0.05) is 0 Å². The molecular weight excluding hydrogens is 196 g/mol. The molecular formula is C10H12N2OS. The molecule has 0 unspecified atom stereocenters. The summed E-state index contributed by atoms with van der Waals surface area (Å²) < 4.78 is 5.22. The van der Waals surface area contributed by atoms with Crippen molar-refractivity contribution in [3.05, 3.63) is 40.7 Å². The van der Waals surface area contributed by atoms with Crippen LogP contribution in [0.1, 0.15) is 10.8 Å². The van der Waals surface area contributed by atoms with Crippen molar-refractivity contribution in [2.75, 3.05) is 6.54 Å². The number of hydrogen-bond acceptors (Lipinski definition) is 4. The normalized spacial score (nSPS) is 10.6. The van der Waals surface area contributed by atoms with E-state index in [0.717, 1.165) is 30.3 Å². The Morgan fingerprint density at radius 3 is 3.21 bits per heavy atom. The maximum absolute atomic E-state index is 5.22. The van der Waals surface area contributed by atoms with Crippen LogP contribution in [0, 0.1) is 0 Å². The first kappa shape index (κ1) is 9.43. The van der Waals surface area contributed by atoms with Crippen molar-refractivity contribution in [3.8, 4) is 0 Å². The molecule has 0 saturated heterocycles. The molecule has 14 heavy (non-hydrogen) atoms. The SMILES string of the molecule is c1coc(CCNCc2nccs2)c1. The van der Waals surface area contributed by atoms with Crippen molar-refractivity contribution in [1.29, 1.82) is 0 Å². The lowest BCUT2D eigenvalue weighted by Gasteiger charge is -1.99. The van der Waals surface area contributed by atoms with Crippen molar-refractivity contribution < 1.29 is 4.42 Å². The highest BCUT2D eigenvalue weighted by Crippen LogP contribution is 2.03. The zero-order valence-corrected chi connectivity index (χ0v) is 8.59. The smallest absolute Gasteiger partial charge is 0.106 e. The Hall–Kier alpha value is -1.13. The highest BCUT2D eigenvalue weighted by Gasteiger charge is 1.96. The second-order valence-electron chi connectivity index (χ2n) is 2.93. The Morgan fingerprint density at radius 2 is 2.50 bits per heavy atom. The average molecular weight is 208 g/mol.